The number of aromatic nitrogens is 2. The summed E-state index contributed by atoms with van der Waals surface area (Å²) < 4.78 is 5.98. The molecule has 0 radical (unpaired) electrons. The molecule has 0 bridgehead atoms. The van der Waals surface area contributed by atoms with E-state index >= 15 is 0 Å². The predicted octanol–water partition coefficient (Wildman–Crippen LogP) is 3.37. The number of hydrogen-bond acceptors (Lipinski definition) is 4. The Morgan fingerprint density at radius 3 is 2.33 bits per heavy atom. The van der Waals surface area contributed by atoms with Crippen LogP contribution in [0.25, 0.3) is 0 Å². The van der Waals surface area contributed by atoms with E-state index in [0.717, 1.165) is 16.2 Å². The fourth-order valence-electron chi connectivity index (χ4n) is 1.56. The van der Waals surface area contributed by atoms with Crippen molar-refractivity contribution in [3.05, 3.63) is 16.5 Å². The summed E-state index contributed by atoms with van der Waals surface area (Å²) in [6.07, 6.45) is 0. The molecule has 0 saturated carbocycles. The van der Waals surface area contributed by atoms with E-state index in [9.17, 15) is 0 Å². The van der Waals surface area contributed by atoms with Crippen LogP contribution in [0.4, 0.5) is 5.82 Å². The Labute approximate surface area is 118 Å². The Morgan fingerprint density at radius 2 is 1.83 bits per heavy atom. The van der Waals surface area contributed by atoms with Gasteiger partial charge in [0.05, 0.1) is 12.1 Å². The number of nitrogens with zero attached hydrogens (tertiary/aromatic N) is 2. The van der Waals surface area contributed by atoms with Gasteiger partial charge in [-0.1, -0.05) is 20.8 Å². The van der Waals surface area contributed by atoms with Gasteiger partial charge in [0.1, 0.15) is 16.2 Å². The van der Waals surface area contributed by atoms with Crippen LogP contribution >= 0.6 is 15.9 Å². The fourth-order valence-corrected chi connectivity index (χ4v) is 1.95. The summed E-state index contributed by atoms with van der Waals surface area (Å²) in [4.78, 5) is 8.98. The Balaban J connectivity index is 3.00. The number of rotatable bonds is 4. The van der Waals surface area contributed by atoms with Gasteiger partial charge in [0, 0.05) is 18.6 Å². The first kappa shape index (κ1) is 15.4. The molecule has 18 heavy (non-hydrogen) atoms. The molecule has 0 aromatic carbocycles. The van der Waals surface area contributed by atoms with E-state index < -0.39 is 0 Å². The zero-order valence-corrected chi connectivity index (χ0v) is 13.6. The van der Waals surface area contributed by atoms with Crippen LogP contribution in [0.1, 0.15) is 40.4 Å². The van der Waals surface area contributed by atoms with E-state index in [-0.39, 0.29) is 11.0 Å². The summed E-state index contributed by atoms with van der Waals surface area (Å²) in [5, 5.41) is 3.37. The third kappa shape index (κ3) is 4.53. The molecule has 0 atom stereocenters. The molecule has 0 fully saturated rings. The first-order chi connectivity index (χ1) is 8.14. The lowest BCUT2D eigenvalue weighted by Gasteiger charge is -2.27. The van der Waals surface area contributed by atoms with Crippen LogP contribution in [0, 0.1) is 0 Å². The second-order valence-electron chi connectivity index (χ2n) is 6.09. The van der Waals surface area contributed by atoms with E-state index in [1.807, 2.05) is 6.07 Å². The van der Waals surface area contributed by atoms with Crippen LogP contribution in [0.15, 0.2) is 10.7 Å². The minimum atomic E-state index is -0.169. The van der Waals surface area contributed by atoms with Crippen LogP contribution in [-0.2, 0) is 10.2 Å². The lowest BCUT2D eigenvalue weighted by molar-refractivity contribution is 0.158. The van der Waals surface area contributed by atoms with Gasteiger partial charge in [0.25, 0.3) is 0 Å². The van der Waals surface area contributed by atoms with Crippen LogP contribution in [0.5, 0.6) is 0 Å². The molecule has 0 aliphatic heterocycles. The Hall–Kier alpha value is -0.680. The van der Waals surface area contributed by atoms with Gasteiger partial charge in [0.15, 0.2) is 0 Å². The van der Waals surface area contributed by atoms with Crippen molar-refractivity contribution in [1.82, 2.24) is 9.97 Å². The summed E-state index contributed by atoms with van der Waals surface area (Å²) in [5.74, 6) is 1.62. The van der Waals surface area contributed by atoms with Crippen molar-refractivity contribution in [3.8, 4) is 0 Å². The molecule has 5 heteroatoms. The first-order valence-electron chi connectivity index (χ1n) is 5.96. The number of nitrogens with one attached hydrogen (secondary N) is 1. The highest BCUT2D eigenvalue weighted by molar-refractivity contribution is 9.10. The quantitative estimate of drug-likeness (QED) is 0.865. The lowest BCUT2D eigenvalue weighted by atomic mass is 9.96. The number of hydrogen-bond donors (Lipinski definition) is 1. The van der Waals surface area contributed by atoms with Crippen LogP contribution in [-0.4, -0.2) is 29.2 Å². The third-order valence-electron chi connectivity index (χ3n) is 2.34. The van der Waals surface area contributed by atoms with E-state index in [4.69, 9.17) is 4.74 Å². The molecular weight excluding hydrogens is 294 g/mol. The summed E-state index contributed by atoms with van der Waals surface area (Å²) in [6.45, 7) is 11.0. The largest absolute Gasteiger partial charge is 0.382 e. The summed E-state index contributed by atoms with van der Waals surface area (Å²) >= 11 is 3.43. The molecule has 0 aliphatic rings. The molecule has 0 saturated heterocycles. The summed E-state index contributed by atoms with van der Waals surface area (Å²) in [7, 11) is 1.69. The Kier molecular flexibility index (Phi) is 4.72. The number of methoxy groups -OCH3 is 1. The van der Waals surface area contributed by atoms with Crippen molar-refractivity contribution in [2.45, 2.75) is 45.6 Å². The van der Waals surface area contributed by atoms with Gasteiger partial charge in [0.2, 0.25) is 0 Å². The zero-order valence-electron chi connectivity index (χ0n) is 12.0. The van der Waals surface area contributed by atoms with Gasteiger partial charge >= 0.3 is 0 Å². The van der Waals surface area contributed by atoms with E-state index in [0.29, 0.717) is 6.61 Å². The van der Waals surface area contributed by atoms with Gasteiger partial charge in [-0.05, 0) is 29.8 Å². The van der Waals surface area contributed by atoms with Crippen LogP contribution in [0.3, 0.4) is 0 Å². The van der Waals surface area contributed by atoms with Crippen molar-refractivity contribution in [3.63, 3.8) is 0 Å². The molecule has 4 nitrogen and oxygen atoms in total. The van der Waals surface area contributed by atoms with Crippen molar-refractivity contribution in [2.75, 3.05) is 19.0 Å². The molecular formula is C13H22BrN3O. The molecule has 1 rings (SSSR count). The lowest BCUT2D eigenvalue weighted by Crippen LogP contribution is -2.36. The normalized spacial score (nSPS) is 12.6. The first-order valence-corrected chi connectivity index (χ1v) is 6.75. The van der Waals surface area contributed by atoms with Gasteiger partial charge in [-0.15, -0.1) is 0 Å². The predicted molar refractivity (Wildman–Crippen MR) is 78.0 cm³/mol. The average molecular weight is 316 g/mol. The van der Waals surface area contributed by atoms with Gasteiger partial charge in [-0.25, -0.2) is 9.97 Å². The Bertz CT molecular complexity index is 413. The third-order valence-corrected chi connectivity index (χ3v) is 2.74. The number of halogens is 1. The fraction of sp³-hybridized carbons (Fsp3) is 0.692. The highest BCUT2D eigenvalue weighted by Crippen LogP contribution is 2.24. The van der Waals surface area contributed by atoms with E-state index in [1.165, 1.54) is 0 Å². The SMILES string of the molecule is COCC(C)(C)Nc1cc(Br)nc(C(C)(C)C)n1. The highest BCUT2D eigenvalue weighted by Gasteiger charge is 2.22. The smallest absolute Gasteiger partial charge is 0.137 e. The zero-order chi connectivity index (χ0) is 14.0. The maximum Gasteiger partial charge on any atom is 0.137 e. The molecule has 0 amide bonds. The monoisotopic (exact) mass is 315 g/mol. The van der Waals surface area contributed by atoms with Crippen LogP contribution in [0.2, 0.25) is 0 Å². The second kappa shape index (κ2) is 5.53. The van der Waals surface area contributed by atoms with E-state index in [2.05, 4.69) is 65.8 Å². The topological polar surface area (TPSA) is 47.0 Å². The minimum Gasteiger partial charge on any atom is -0.382 e. The maximum absolute atomic E-state index is 5.19. The van der Waals surface area contributed by atoms with Gasteiger partial charge in [-0.3, -0.25) is 0 Å². The van der Waals surface area contributed by atoms with E-state index in [1.54, 1.807) is 7.11 Å². The van der Waals surface area contributed by atoms with Crippen LogP contribution < -0.4 is 5.32 Å². The molecule has 102 valence electrons. The molecule has 0 unspecified atom stereocenters. The van der Waals surface area contributed by atoms with Crippen molar-refractivity contribution in [1.29, 1.82) is 0 Å². The molecule has 1 heterocycles. The minimum absolute atomic E-state index is 0.0778. The van der Waals surface area contributed by atoms with Gasteiger partial charge in [-0.2, -0.15) is 0 Å². The summed E-state index contributed by atoms with van der Waals surface area (Å²) in [5.41, 5.74) is -0.247. The molecule has 1 aromatic rings. The summed E-state index contributed by atoms with van der Waals surface area (Å²) in [6, 6.07) is 1.88. The van der Waals surface area contributed by atoms with Crippen molar-refractivity contribution >= 4 is 21.7 Å². The van der Waals surface area contributed by atoms with Crippen molar-refractivity contribution < 1.29 is 4.74 Å². The average Bonchev–Trinajstić information content (AvgIpc) is 2.13. The Morgan fingerprint density at radius 1 is 1.22 bits per heavy atom. The maximum atomic E-state index is 5.19. The molecule has 0 aliphatic carbocycles. The number of ether oxygens (including phenoxy) is 1. The molecule has 1 aromatic heterocycles. The second-order valence-corrected chi connectivity index (χ2v) is 6.90. The molecule has 1 N–H and O–H groups in total. The standard InChI is InChI=1S/C13H22BrN3O/c1-12(2,3)11-15-9(14)7-10(16-11)17-13(4,5)8-18-6/h7H,8H2,1-6H3,(H,15,16,17). The molecule has 0 spiro atoms. The number of anilines is 1. The van der Waals surface area contributed by atoms with Crippen molar-refractivity contribution in [2.24, 2.45) is 0 Å². The highest BCUT2D eigenvalue weighted by atomic mass is 79.9. The van der Waals surface area contributed by atoms with Gasteiger partial charge < -0.3 is 10.1 Å².